The predicted molar refractivity (Wildman–Crippen MR) is 111 cm³/mol. The first kappa shape index (κ1) is 19.7. The molecule has 0 atom stereocenters. The van der Waals surface area contributed by atoms with Crippen molar-refractivity contribution in [2.24, 2.45) is 10.2 Å². The molecule has 3 rings (SSSR count). The third-order valence-electron chi connectivity index (χ3n) is 4.03. The fraction of sp³-hybridized carbons (Fsp3) is 0.0435. The van der Waals surface area contributed by atoms with Gasteiger partial charge in [0.15, 0.2) is 11.5 Å². The van der Waals surface area contributed by atoms with Gasteiger partial charge >= 0.3 is 0 Å². The molecule has 1 N–H and O–H groups in total. The Kier molecular flexibility index (Phi) is 6.27. The number of allylic oxidation sites excluding steroid dienone is 1. The summed E-state index contributed by atoms with van der Waals surface area (Å²) in [6, 6.07) is 20.0. The highest BCUT2D eigenvalue weighted by Gasteiger charge is 2.11. The maximum atomic E-state index is 12.6. The summed E-state index contributed by atoms with van der Waals surface area (Å²) in [4.78, 5) is 24.6. The minimum atomic E-state index is -0.674. The quantitative estimate of drug-likeness (QED) is 0.364. The highest BCUT2D eigenvalue weighted by Crippen LogP contribution is 2.23. The van der Waals surface area contributed by atoms with E-state index in [9.17, 15) is 14.7 Å². The Balaban J connectivity index is 1.91. The third kappa shape index (κ3) is 5.23. The maximum Gasteiger partial charge on any atom is 0.220 e. The monoisotopic (exact) mass is 386 g/mol. The van der Waals surface area contributed by atoms with Gasteiger partial charge in [-0.05, 0) is 54.1 Å². The Morgan fingerprint density at radius 3 is 2.28 bits per heavy atom. The molecular weight excluding hydrogens is 368 g/mol. The molecule has 0 heterocycles. The van der Waals surface area contributed by atoms with Gasteiger partial charge in [-0.15, -0.1) is 0 Å². The molecule has 6 heteroatoms. The summed E-state index contributed by atoms with van der Waals surface area (Å²) >= 11 is 0. The van der Waals surface area contributed by atoms with E-state index in [1.54, 1.807) is 37.5 Å². The number of ether oxygens (including phenoxy) is 1. The van der Waals surface area contributed by atoms with Crippen LogP contribution in [0.3, 0.4) is 0 Å². The molecule has 29 heavy (non-hydrogen) atoms. The summed E-state index contributed by atoms with van der Waals surface area (Å²) in [5.74, 6) is -0.451. The number of azo groups is 1. The molecule has 0 aliphatic heterocycles. The normalized spacial score (nSPS) is 11.1. The van der Waals surface area contributed by atoms with Crippen molar-refractivity contribution in [3.63, 3.8) is 0 Å². The molecular formula is C23H18N2O4. The zero-order valence-corrected chi connectivity index (χ0v) is 15.6. The zero-order chi connectivity index (χ0) is 20.6. The molecule has 0 aliphatic carbocycles. The number of carbonyl (C=O) groups is 1. The van der Waals surface area contributed by atoms with Crippen molar-refractivity contribution in [3.05, 3.63) is 100 Å². The molecule has 3 aromatic carbocycles. The van der Waals surface area contributed by atoms with Crippen LogP contribution in [0.1, 0.15) is 15.9 Å². The van der Waals surface area contributed by atoms with Crippen molar-refractivity contribution in [1.82, 2.24) is 0 Å². The Hall–Kier alpha value is -4.06. The van der Waals surface area contributed by atoms with Gasteiger partial charge in [0.25, 0.3) is 0 Å². The molecule has 0 unspecified atom stereocenters. The van der Waals surface area contributed by atoms with Crippen LogP contribution >= 0.6 is 0 Å². The highest BCUT2D eigenvalue weighted by molar-refractivity contribution is 6.08. The number of ketones is 1. The fourth-order valence-corrected chi connectivity index (χ4v) is 2.48. The lowest BCUT2D eigenvalue weighted by Crippen LogP contribution is -2.01. The van der Waals surface area contributed by atoms with Gasteiger partial charge < -0.3 is 9.84 Å². The number of methoxy groups -OCH3 is 1. The number of benzene rings is 2. The molecule has 0 amide bonds. The van der Waals surface area contributed by atoms with Crippen molar-refractivity contribution >= 4 is 23.2 Å². The Morgan fingerprint density at radius 1 is 0.931 bits per heavy atom. The Bertz CT molecular complexity index is 1120. The topological polar surface area (TPSA) is 88.3 Å². The lowest BCUT2D eigenvalue weighted by Gasteiger charge is -1.98. The molecule has 0 spiro atoms. The van der Waals surface area contributed by atoms with E-state index < -0.39 is 17.0 Å². The lowest BCUT2D eigenvalue weighted by molar-refractivity contribution is 0.104. The Labute approximate surface area is 167 Å². The van der Waals surface area contributed by atoms with Crippen LogP contribution in [0.4, 0.5) is 11.4 Å². The SMILES string of the molecule is COc1ccc(N=Nc2ccc(=O)c(O)c(C(=O)/C=C/c3ccccc3)c2)cc1. The number of aromatic hydroxyl groups is 1. The van der Waals surface area contributed by atoms with Gasteiger partial charge in [-0.25, -0.2) is 0 Å². The number of rotatable bonds is 6. The van der Waals surface area contributed by atoms with E-state index in [1.165, 1.54) is 18.2 Å². The summed E-state index contributed by atoms with van der Waals surface area (Å²) in [5.41, 5.74) is 0.834. The van der Waals surface area contributed by atoms with Crippen LogP contribution in [-0.2, 0) is 0 Å². The van der Waals surface area contributed by atoms with Crippen molar-refractivity contribution in [1.29, 1.82) is 0 Å². The van der Waals surface area contributed by atoms with Crippen LogP contribution in [0.5, 0.6) is 11.5 Å². The molecule has 0 saturated carbocycles. The maximum absolute atomic E-state index is 12.6. The second-order valence-corrected chi connectivity index (χ2v) is 6.04. The van der Waals surface area contributed by atoms with Gasteiger partial charge in [-0.2, -0.15) is 10.2 Å². The van der Waals surface area contributed by atoms with Crippen LogP contribution in [-0.4, -0.2) is 18.0 Å². The largest absolute Gasteiger partial charge is 0.504 e. The smallest absolute Gasteiger partial charge is 0.220 e. The van der Waals surface area contributed by atoms with Crippen molar-refractivity contribution in [2.45, 2.75) is 0 Å². The molecule has 0 aromatic heterocycles. The van der Waals surface area contributed by atoms with E-state index in [4.69, 9.17) is 4.74 Å². The van der Waals surface area contributed by atoms with Gasteiger partial charge in [-0.3, -0.25) is 9.59 Å². The minimum Gasteiger partial charge on any atom is -0.504 e. The van der Waals surface area contributed by atoms with Crippen LogP contribution in [0.15, 0.2) is 93.9 Å². The lowest BCUT2D eigenvalue weighted by atomic mass is 10.1. The number of nitrogens with zero attached hydrogens (tertiary/aromatic N) is 2. The molecule has 0 saturated heterocycles. The first-order valence-electron chi connectivity index (χ1n) is 8.77. The van der Waals surface area contributed by atoms with Crippen molar-refractivity contribution in [3.8, 4) is 11.5 Å². The van der Waals surface area contributed by atoms with E-state index in [1.807, 2.05) is 30.3 Å². The number of carbonyl (C=O) groups excluding carboxylic acids is 1. The molecule has 0 fully saturated rings. The van der Waals surface area contributed by atoms with E-state index in [0.717, 1.165) is 11.6 Å². The van der Waals surface area contributed by atoms with Crippen LogP contribution in [0, 0.1) is 0 Å². The standard InChI is InChI=1S/C23H18N2O4/c1-29-19-11-8-17(9-12-19)24-25-18-10-14-22(27)23(28)20(15-18)21(26)13-7-16-5-3-2-4-6-16/h2-15H,1H3,(H,27,28)/b13-7+,25-24?. The number of hydrogen-bond acceptors (Lipinski definition) is 6. The van der Waals surface area contributed by atoms with Gasteiger partial charge in [0.05, 0.1) is 24.0 Å². The summed E-state index contributed by atoms with van der Waals surface area (Å²) in [7, 11) is 1.57. The molecule has 0 bridgehead atoms. The molecule has 0 aliphatic rings. The van der Waals surface area contributed by atoms with E-state index in [2.05, 4.69) is 10.2 Å². The average molecular weight is 386 g/mol. The molecule has 0 radical (unpaired) electrons. The first-order chi connectivity index (χ1) is 14.1. The van der Waals surface area contributed by atoms with Gasteiger partial charge in [0.1, 0.15) is 5.75 Å². The zero-order valence-electron chi connectivity index (χ0n) is 15.6. The first-order valence-corrected chi connectivity index (χ1v) is 8.77. The molecule has 144 valence electrons. The van der Waals surface area contributed by atoms with Crippen molar-refractivity contribution in [2.75, 3.05) is 7.11 Å². The second kappa shape index (κ2) is 9.23. The number of hydrogen-bond donors (Lipinski definition) is 1. The summed E-state index contributed by atoms with van der Waals surface area (Å²) in [5, 5.41) is 18.3. The van der Waals surface area contributed by atoms with E-state index >= 15 is 0 Å². The van der Waals surface area contributed by atoms with Gasteiger partial charge in [0.2, 0.25) is 5.43 Å². The minimum absolute atomic E-state index is 0.143. The van der Waals surface area contributed by atoms with Crippen LogP contribution < -0.4 is 10.2 Å². The predicted octanol–water partition coefficient (Wildman–Crippen LogP) is 5.07. The highest BCUT2D eigenvalue weighted by atomic mass is 16.5. The van der Waals surface area contributed by atoms with Crippen LogP contribution in [0.2, 0.25) is 0 Å². The summed E-state index contributed by atoms with van der Waals surface area (Å²) in [6.45, 7) is 0. The van der Waals surface area contributed by atoms with Crippen molar-refractivity contribution < 1.29 is 14.6 Å². The average Bonchev–Trinajstić information content (AvgIpc) is 2.90. The third-order valence-corrected chi connectivity index (χ3v) is 4.03. The molecule has 3 aromatic rings. The Morgan fingerprint density at radius 2 is 1.59 bits per heavy atom. The summed E-state index contributed by atoms with van der Waals surface area (Å²) in [6.07, 6.45) is 2.91. The summed E-state index contributed by atoms with van der Waals surface area (Å²) < 4.78 is 5.09. The second-order valence-electron chi connectivity index (χ2n) is 6.04. The van der Waals surface area contributed by atoms with Crippen LogP contribution in [0.25, 0.3) is 6.08 Å². The molecule has 6 nitrogen and oxygen atoms in total. The fourth-order valence-electron chi connectivity index (χ4n) is 2.48. The van der Waals surface area contributed by atoms with E-state index in [0.29, 0.717) is 11.4 Å². The van der Waals surface area contributed by atoms with E-state index in [-0.39, 0.29) is 11.3 Å². The van der Waals surface area contributed by atoms with Gasteiger partial charge in [0, 0.05) is 0 Å². The van der Waals surface area contributed by atoms with Gasteiger partial charge in [-0.1, -0.05) is 36.4 Å².